The van der Waals surface area contributed by atoms with Crippen LogP contribution in [0, 0.1) is 0 Å². The standard InChI is InChI=1S/C81H57N5Si/c1-5-25-56(26-6-1)60-33-21-37-65(51-60)87(66-38-22-34-61(52-66)57-27-7-2-8-28-57,67-39-23-35-62(53-67)58-29-9-3-10-30-58)68-40-24-36-64(54-68)79-82-80(72-44-16-20-48-77(72)85-74-45-17-13-41-69(74)70-42-14-18-46-75(70)85)84-81(83-79)86-76-47-19-15-43-71(76)73-55-63(49-50-78(73)86)59-31-11-4-12-32-59/h1-55,79H,(H,82,83,84). The van der Waals surface area contributed by atoms with Gasteiger partial charge in [0.1, 0.15) is 12.0 Å². The molecule has 6 heteroatoms. The molecule has 87 heavy (non-hydrogen) atoms. The van der Waals surface area contributed by atoms with Crippen LogP contribution in [0.3, 0.4) is 0 Å². The fraction of sp³-hybridized carbons (Fsp3) is 0.0123. The lowest BCUT2D eigenvalue weighted by atomic mass is 10.0. The maximum atomic E-state index is 5.84. The summed E-state index contributed by atoms with van der Waals surface area (Å²) in [5.74, 6) is 1.32. The molecule has 0 fully saturated rings. The largest absolute Gasteiger partial charge is 0.344 e. The van der Waals surface area contributed by atoms with E-state index < -0.39 is 14.2 Å². The van der Waals surface area contributed by atoms with Crippen LogP contribution in [0.4, 0.5) is 0 Å². The Kier molecular flexibility index (Phi) is 12.9. The Bertz CT molecular complexity index is 4890. The zero-order chi connectivity index (χ0) is 57.7. The van der Waals surface area contributed by atoms with Crippen molar-refractivity contribution in [2.24, 2.45) is 9.98 Å². The number of aromatic nitrogens is 2. The van der Waals surface area contributed by atoms with Gasteiger partial charge in [-0.3, -0.25) is 4.57 Å². The van der Waals surface area contributed by atoms with Gasteiger partial charge in [-0.05, 0) is 113 Å². The fourth-order valence-electron chi connectivity index (χ4n) is 13.5. The first kappa shape index (κ1) is 51.5. The van der Waals surface area contributed by atoms with Gasteiger partial charge in [-0.25, -0.2) is 4.99 Å². The fourth-order valence-corrected chi connectivity index (χ4v) is 18.4. The highest BCUT2D eigenvalue weighted by Crippen LogP contribution is 2.37. The summed E-state index contributed by atoms with van der Waals surface area (Å²) < 4.78 is 4.67. The van der Waals surface area contributed by atoms with Gasteiger partial charge >= 0.3 is 0 Å². The van der Waals surface area contributed by atoms with Gasteiger partial charge in [-0.2, -0.15) is 4.99 Å². The third-order valence-electron chi connectivity index (χ3n) is 17.5. The highest BCUT2D eigenvalue weighted by atomic mass is 28.3. The summed E-state index contributed by atoms with van der Waals surface area (Å²) in [6.45, 7) is 0. The number of amidine groups is 1. The molecule has 2 aromatic heterocycles. The van der Waals surface area contributed by atoms with Gasteiger partial charge in [0.25, 0.3) is 0 Å². The van der Waals surface area contributed by atoms with E-state index in [0.29, 0.717) is 5.96 Å². The molecule has 1 unspecified atom stereocenters. The van der Waals surface area contributed by atoms with Crippen molar-refractivity contribution in [2.75, 3.05) is 0 Å². The summed E-state index contributed by atoms with van der Waals surface area (Å²) in [5, 5.41) is 13.8. The molecule has 5 nitrogen and oxygen atoms in total. The van der Waals surface area contributed by atoms with E-state index in [4.69, 9.17) is 9.98 Å². The van der Waals surface area contributed by atoms with Crippen LogP contribution in [0.1, 0.15) is 17.3 Å². The van der Waals surface area contributed by atoms with Crippen LogP contribution in [-0.2, 0) is 0 Å². The SMILES string of the molecule is c1ccc(-c2cccc([Si](c3cccc(-c4ccccc4)c3)(c3cccc(-c4ccccc4)c3)c3cccc(C4N=C(n5c6ccccc6c6cc(-c7ccccc7)ccc65)N=C(c5ccccc5-n5c6ccccc6c6ccccc65)N4)c3)c2)cc1. The van der Waals surface area contributed by atoms with Crippen LogP contribution in [-0.4, -0.2) is 29.0 Å². The van der Waals surface area contributed by atoms with Crippen LogP contribution in [0.25, 0.3) is 93.8 Å². The van der Waals surface area contributed by atoms with E-state index in [-0.39, 0.29) is 0 Å². The summed E-state index contributed by atoms with van der Waals surface area (Å²) >= 11 is 0. The summed E-state index contributed by atoms with van der Waals surface area (Å²) in [4.78, 5) is 11.6. The zero-order valence-electron chi connectivity index (χ0n) is 47.6. The lowest BCUT2D eigenvalue weighted by Gasteiger charge is -2.36. The molecular formula is C81H57N5Si. The molecule has 410 valence electrons. The molecule has 0 spiro atoms. The van der Waals surface area contributed by atoms with Gasteiger partial charge in [-0.15, -0.1) is 0 Å². The number of hydrogen-bond acceptors (Lipinski definition) is 3. The number of nitrogens with one attached hydrogen (secondary N) is 1. The quantitative estimate of drug-likeness (QED) is 0.102. The van der Waals surface area contributed by atoms with Crippen LogP contribution < -0.4 is 26.1 Å². The lowest BCUT2D eigenvalue weighted by molar-refractivity contribution is 0.669. The van der Waals surface area contributed by atoms with E-state index in [2.05, 4.69) is 348 Å². The van der Waals surface area contributed by atoms with E-state index in [9.17, 15) is 0 Å². The Labute approximate surface area is 506 Å². The highest BCUT2D eigenvalue weighted by molar-refractivity contribution is 7.20. The summed E-state index contributed by atoms with van der Waals surface area (Å²) in [6.07, 6.45) is -0.577. The first-order valence-electron chi connectivity index (χ1n) is 29.8. The second kappa shape index (κ2) is 21.8. The molecule has 0 bridgehead atoms. The van der Waals surface area contributed by atoms with Crippen molar-refractivity contribution in [3.63, 3.8) is 0 Å². The van der Waals surface area contributed by atoms with Crippen LogP contribution in [0.5, 0.6) is 0 Å². The number of para-hydroxylation sites is 4. The predicted molar refractivity (Wildman–Crippen MR) is 367 cm³/mol. The Morgan fingerprint density at radius 1 is 0.287 bits per heavy atom. The first-order valence-corrected chi connectivity index (χ1v) is 31.8. The number of hydrogen-bond donors (Lipinski definition) is 1. The van der Waals surface area contributed by atoms with Gasteiger partial charge in [0, 0.05) is 27.1 Å². The normalized spacial score (nSPS) is 13.4. The average molecular weight is 1130 g/mol. The van der Waals surface area contributed by atoms with Crippen molar-refractivity contribution in [3.05, 3.63) is 345 Å². The highest BCUT2D eigenvalue weighted by Gasteiger charge is 2.43. The lowest BCUT2D eigenvalue weighted by Crippen LogP contribution is -2.74. The van der Waals surface area contributed by atoms with E-state index in [1.807, 2.05) is 0 Å². The third kappa shape index (κ3) is 9.01. The molecule has 16 rings (SSSR count). The monoisotopic (exact) mass is 1130 g/mol. The van der Waals surface area contributed by atoms with E-state index in [1.165, 1.54) is 70.5 Å². The number of rotatable bonds is 11. The molecule has 13 aromatic carbocycles. The molecule has 1 aliphatic rings. The topological polar surface area (TPSA) is 46.6 Å². The number of benzene rings is 13. The summed E-state index contributed by atoms with van der Waals surface area (Å²) in [7, 11) is -3.36. The first-order chi connectivity index (χ1) is 43.1. The molecule has 0 amide bonds. The van der Waals surface area contributed by atoms with Gasteiger partial charge in [0.2, 0.25) is 5.96 Å². The van der Waals surface area contributed by atoms with Crippen molar-refractivity contribution in [2.45, 2.75) is 6.17 Å². The Balaban J connectivity index is 0.951. The minimum absolute atomic E-state index is 0.577. The molecule has 0 radical (unpaired) electrons. The molecule has 0 aliphatic carbocycles. The molecule has 0 saturated carbocycles. The molecule has 3 heterocycles. The second-order valence-electron chi connectivity index (χ2n) is 22.5. The van der Waals surface area contributed by atoms with E-state index in [0.717, 1.165) is 61.1 Å². The van der Waals surface area contributed by atoms with Crippen LogP contribution in [0.15, 0.2) is 344 Å². The number of aliphatic imine (C=N–C) groups is 2. The molecule has 1 atom stereocenters. The predicted octanol–water partition coefficient (Wildman–Crippen LogP) is 16.9. The van der Waals surface area contributed by atoms with Crippen molar-refractivity contribution in [3.8, 4) is 50.2 Å². The minimum Gasteiger partial charge on any atom is -0.344 e. The number of nitrogens with zero attached hydrogens (tertiary/aromatic N) is 4. The molecule has 1 N–H and O–H groups in total. The van der Waals surface area contributed by atoms with Gasteiger partial charge in [0.15, 0.2) is 8.07 Å². The Hall–Kier alpha value is -11.2. The maximum absolute atomic E-state index is 5.84. The van der Waals surface area contributed by atoms with Crippen LogP contribution >= 0.6 is 0 Å². The maximum Gasteiger partial charge on any atom is 0.234 e. The van der Waals surface area contributed by atoms with Gasteiger partial charge in [0.05, 0.1) is 27.8 Å². The summed E-state index contributed by atoms with van der Waals surface area (Å²) in [6, 6.07) is 122. The van der Waals surface area contributed by atoms with Crippen molar-refractivity contribution < 1.29 is 0 Å². The third-order valence-corrected chi connectivity index (χ3v) is 22.2. The summed E-state index contributed by atoms with van der Waals surface area (Å²) in [5.41, 5.74) is 16.7. The van der Waals surface area contributed by atoms with Gasteiger partial charge < -0.3 is 9.88 Å². The average Bonchev–Trinajstić information content (AvgIpc) is 2.29. The van der Waals surface area contributed by atoms with E-state index in [1.54, 1.807) is 0 Å². The zero-order valence-corrected chi connectivity index (χ0v) is 48.6. The smallest absolute Gasteiger partial charge is 0.234 e. The molecule has 0 saturated heterocycles. The van der Waals surface area contributed by atoms with Crippen LogP contribution in [0.2, 0.25) is 0 Å². The Morgan fingerprint density at radius 2 is 0.667 bits per heavy atom. The van der Waals surface area contributed by atoms with Crippen molar-refractivity contribution >= 4 is 84.2 Å². The van der Waals surface area contributed by atoms with Crippen molar-refractivity contribution in [1.29, 1.82) is 0 Å². The van der Waals surface area contributed by atoms with E-state index >= 15 is 0 Å². The second-order valence-corrected chi connectivity index (χ2v) is 26.3. The molecule has 15 aromatic rings. The van der Waals surface area contributed by atoms with Gasteiger partial charge in [-0.1, -0.05) is 291 Å². The molecular weight excluding hydrogens is 1070 g/mol. The minimum atomic E-state index is -3.36. The number of fused-ring (bicyclic) bond motifs is 6. The molecule has 1 aliphatic heterocycles. The van der Waals surface area contributed by atoms with Crippen molar-refractivity contribution in [1.82, 2.24) is 14.5 Å². The Morgan fingerprint density at radius 3 is 1.17 bits per heavy atom.